The van der Waals surface area contributed by atoms with Gasteiger partial charge in [-0.25, -0.2) is 4.79 Å². The summed E-state index contributed by atoms with van der Waals surface area (Å²) in [5, 5.41) is 10.7. The second kappa shape index (κ2) is 10.7. The van der Waals surface area contributed by atoms with E-state index in [-0.39, 0.29) is 11.9 Å². The first-order valence-corrected chi connectivity index (χ1v) is 12.8. The molecule has 0 bridgehead atoms. The van der Waals surface area contributed by atoms with Gasteiger partial charge in [-0.2, -0.15) is 0 Å². The molecule has 1 aromatic carbocycles. The average molecular weight is 478 g/mol. The van der Waals surface area contributed by atoms with Crippen molar-refractivity contribution in [3.05, 3.63) is 65.0 Å². The number of β-amino-alcohol motifs (C(OH)–C–C–N with tert-alkyl or cyclic N) is 1. The van der Waals surface area contributed by atoms with Gasteiger partial charge in [0.1, 0.15) is 0 Å². The molecule has 1 N–H and O–H groups in total. The van der Waals surface area contributed by atoms with Crippen molar-refractivity contribution in [2.75, 3.05) is 45.8 Å². The minimum absolute atomic E-state index is 0.00910. The van der Waals surface area contributed by atoms with Crippen LogP contribution in [-0.4, -0.2) is 93.5 Å². The van der Waals surface area contributed by atoms with E-state index in [2.05, 4.69) is 34.1 Å². The zero-order valence-electron chi connectivity index (χ0n) is 20.3. The first-order valence-electron chi connectivity index (χ1n) is 12.8. The molecule has 3 aliphatic rings. The summed E-state index contributed by atoms with van der Waals surface area (Å²) < 4.78 is 0. The first kappa shape index (κ1) is 23.8. The average Bonchev–Trinajstić information content (AvgIpc) is 3.22. The Morgan fingerprint density at radius 1 is 0.914 bits per heavy atom. The highest BCUT2D eigenvalue weighted by Gasteiger charge is 2.32. The summed E-state index contributed by atoms with van der Waals surface area (Å²) in [6, 6.07) is 12.0. The number of fused-ring (bicyclic) bond motifs is 1. The number of carbonyl (C=O) groups is 2. The number of aromatic nitrogens is 1. The highest BCUT2D eigenvalue weighted by atomic mass is 16.3. The Kier molecular flexibility index (Phi) is 7.29. The third kappa shape index (κ3) is 5.49. The maximum absolute atomic E-state index is 13.1. The maximum Gasteiger partial charge on any atom is 0.320 e. The first-order chi connectivity index (χ1) is 17.1. The lowest BCUT2D eigenvalue weighted by molar-refractivity contribution is 0.0721. The number of rotatable bonds is 7. The van der Waals surface area contributed by atoms with Crippen molar-refractivity contribution in [2.45, 2.75) is 44.9 Å². The van der Waals surface area contributed by atoms with Crippen LogP contribution in [0, 0.1) is 0 Å². The summed E-state index contributed by atoms with van der Waals surface area (Å²) in [6.07, 6.45) is 5.30. The molecule has 186 valence electrons. The van der Waals surface area contributed by atoms with E-state index < -0.39 is 6.10 Å². The standard InChI is InChI=1S/C27H35N5O3/c33-23(18-29-14-10-21-7-2-3-8-22(21)17-29)19-31-15-16-32(27(31)35)20-25-24(9-6-11-28-25)26(34)30-12-4-1-5-13-30/h2-3,6-9,11,23,33H,1,4-5,10,12-20H2/t23-/m1/s1. The Morgan fingerprint density at radius 2 is 1.69 bits per heavy atom. The van der Waals surface area contributed by atoms with E-state index in [1.807, 2.05) is 11.0 Å². The van der Waals surface area contributed by atoms with Crippen LogP contribution in [0.4, 0.5) is 4.79 Å². The van der Waals surface area contributed by atoms with Crippen LogP contribution in [0.15, 0.2) is 42.6 Å². The van der Waals surface area contributed by atoms with Crippen molar-refractivity contribution in [3.63, 3.8) is 0 Å². The number of amides is 3. The number of carbonyl (C=O) groups excluding carboxylic acids is 2. The summed E-state index contributed by atoms with van der Waals surface area (Å²) in [7, 11) is 0. The van der Waals surface area contributed by atoms with Crippen molar-refractivity contribution in [1.29, 1.82) is 0 Å². The molecule has 0 spiro atoms. The predicted molar refractivity (Wildman–Crippen MR) is 133 cm³/mol. The fourth-order valence-corrected chi connectivity index (χ4v) is 5.48. The van der Waals surface area contributed by atoms with Crippen molar-refractivity contribution in [2.24, 2.45) is 0 Å². The molecule has 35 heavy (non-hydrogen) atoms. The smallest absolute Gasteiger partial charge is 0.320 e. The number of piperidine rings is 1. The van der Waals surface area contributed by atoms with Gasteiger partial charge in [0, 0.05) is 58.6 Å². The highest BCUT2D eigenvalue weighted by Crippen LogP contribution is 2.21. The fraction of sp³-hybridized carbons (Fsp3) is 0.519. The predicted octanol–water partition coefficient (Wildman–Crippen LogP) is 2.36. The normalized spacial score (nSPS) is 19.7. The quantitative estimate of drug-likeness (QED) is 0.662. The van der Waals surface area contributed by atoms with Gasteiger partial charge in [-0.05, 0) is 48.9 Å². The molecule has 3 amide bonds. The SMILES string of the molecule is O=C(c1cccnc1CN1CCN(C[C@H](O)CN2CCc3ccccc3C2)C1=O)N1CCCCC1. The van der Waals surface area contributed by atoms with E-state index in [4.69, 9.17) is 0 Å². The van der Waals surface area contributed by atoms with E-state index in [1.165, 1.54) is 17.5 Å². The molecule has 0 unspecified atom stereocenters. The van der Waals surface area contributed by atoms with Crippen LogP contribution in [0.1, 0.15) is 46.4 Å². The molecule has 0 radical (unpaired) electrons. The zero-order chi connectivity index (χ0) is 24.2. The van der Waals surface area contributed by atoms with Crippen LogP contribution in [0.2, 0.25) is 0 Å². The monoisotopic (exact) mass is 477 g/mol. The molecule has 8 heteroatoms. The van der Waals surface area contributed by atoms with Crippen LogP contribution in [0.3, 0.4) is 0 Å². The largest absolute Gasteiger partial charge is 0.390 e. The van der Waals surface area contributed by atoms with Gasteiger partial charge in [-0.3, -0.25) is 14.7 Å². The summed E-state index contributed by atoms with van der Waals surface area (Å²) >= 11 is 0. The van der Waals surface area contributed by atoms with Crippen molar-refractivity contribution >= 4 is 11.9 Å². The highest BCUT2D eigenvalue weighted by molar-refractivity contribution is 5.95. The van der Waals surface area contributed by atoms with Crippen molar-refractivity contribution in [3.8, 4) is 0 Å². The second-order valence-corrected chi connectivity index (χ2v) is 9.91. The van der Waals surface area contributed by atoms with Crippen molar-refractivity contribution in [1.82, 2.24) is 24.6 Å². The lowest BCUT2D eigenvalue weighted by atomic mass is 10.00. The van der Waals surface area contributed by atoms with Gasteiger partial charge in [-0.1, -0.05) is 24.3 Å². The Hall–Kier alpha value is -2.97. The van der Waals surface area contributed by atoms with Crippen LogP contribution >= 0.6 is 0 Å². The molecule has 0 saturated carbocycles. The molecule has 4 heterocycles. The van der Waals surface area contributed by atoms with Gasteiger partial charge in [0.25, 0.3) is 5.91 Å². The van der Waals surface area contributed by atoms with Crippen LogP contribution in [0.5, 0.6) is 0 Å². The lowest BCUT2D eigenvalue weighted by Gasteiger charge is -2.31. The van der Waals surface area contributed by atoms with Gasteiger partial charge in [0.05, 0.1) is 23.9 Å². The molecular formula is C27H35N5O3. The Balaban J connectivity index is 1.16. The van der Waals surface area contributed by atoms with E-state index in [9.17, 15) is 14.7 Å². The molecule has 1 atom stereocenters. The molecule has 5 rings (SSSR count). The van der Waals surface area contributed by atoms with Gasteiger partial charge >= 0.3 is 6.03 Å². The van der Waals surface area contributed by atoms with E-state index in [1.54, 1.807) is 22.1 Å². The van der Waals surface area contributed by atoms with Gasteiger partial charge in [0.2, 0.25) is 0 Å². The van der Waals surface area contributed by atoms with Gasteiger partial charge in [-0.15, -0.1) is 0 Å². The molecule has 2 fully saturated rings. The number of aliphatic hydroxyl groups excluding tert-OH is 1. The Morgan fingerprint density at radius 3 is 2.51 bits per heavy atom. The summed E-state index contributed by atoms with van der Waals surface area (Å²) in [5.74, 6) is 0.00910. The van der Waals surface area contributed by atoms with Gasteiger partial charge in [0.15, 0.2) is 0 Å². The van der Waals surface area contributed by atoms with E-state index in [0.717, 1.165) is 45.4 Å². The number of hydrogen-bond donors (Lipinski definition) is 1. The topological polar surface area (TPSA) is 80.2 Å². The number of urea groups is 1. The molecular weight excluding hydrogens is 442 g/mol. The van der Waals surface area contributed by atoms with Crippen LogP contribution in [-0.2, 0) is 19.5 Å². The molecule has 8 nitrogen and oxygen atoms in total. The second-order valence-electron chi connectivity index (χ2n) is 9.91. The maximum atomic E-state index is 13.1. The summed E-state index contributed by atoms with van der Waals surface area (Å²) in [5.41, 5.74) is 3.94. The minimum atomic E-state index is -0.602. The lowest BCUT2D eigenvalue weighted by Crippen LogP contribution is -2.43. The number of benzene rings is 1. The Labute approximate surface area is 207 Å². The molecule has 1 aromatic heterocycles. The number of likely N-dealkylation sites (tertiary alicyclic amines) is 1. The van der Waals surface area contributed by atoms with E-state index >= 15 is 0 Å². The zero-order valence-corrected chi connectivity index (χ0v) is 20.3. The number of aliphatic hydroxyl groups is 1. The minimum Gasteiger partial charge on any atom is -0.390 e. The van der Waals surface area contributed by atoms with Crippen molar-refractivity contribution < 1.29 is 14.7 Å². The third-order valence-corrected chi connectivity index (χ3v) is 7.40. The summed E-state index contributed by atoms with van der Waals surface area (Å²) in [4.78, 5) is 38.2. The third-order valence-electron chi connectivity index (χ3n) is 7.40. The fourth-order valence-electron chi connectivity index (χ4n) is 5.48. The molecule has 0 aliphatic carbocycles. The molecule has 2 saturated heterocycles. The summed E-state index contributed by atoms with van der Waals surface area (Å²) in [6.45, 7) is 5.63. The van der Waals surface area contributed by atoms with E-state index in [0.29, 0.717) is 44.0 Å². The van der Waals surface area contributed by atoms with Gasteiger partial charge < -0.3 is 19.8 Å². The molecule has 3 aliphatic heterocycles. The van der Waals surface area contributed by atoms with Crippen LogP contribution < -0.4 is 0 Å². The number of nitrogens with zero attached hydrogens (tertiary/aromatic N) is 5. The molecule has 2 aromatic rings. The Bertz CT molecular complexity index is 1050. The number of hydrogen-bond acceptors (Lipinski definition) is 5. The van der Waals surface area contributed by atoms with Crippen LogP contribution in [0.25, 0.3) is 0 Å². The number of pyridine rings is 1.